The van der Waals surface area contributed by atoms with Crippen molar-refractivity contribution in [3.63, 3.8) is 0 Å². The van der Waals surface area contributed by atoms with E-state index in [9.17, 15) is 9.59 Å². The molecule has 0 bridgehead atoms. The van der Waals surface area contributed by atoms with E-state index in [-0.39, 0.29) is 24.3 Å². The molecule has 1 aliphatic heterocycles. The molecule has 1 unspecified atom stereocenters. The first-order valence-corrected chi connectivity index (χ1v) is 8.86. The molecule has 1 saturated heterocycles. The number of nitrogens with two attached hydrogens (primary N) is 1. The average molecular weight is 347 g/mol. The van der Waals surface area contributed by atoms with Crippen LogP contribution in [0.1, 0.15) is 29.5 Å². The van der Waals surface area contributed by atoms with Gasteiger partial charge in [0, 0.05) is 19.6 Å². The zero-order valence-corrected chi connectivity index (χ0v) is 15.4. The smallest absolute Gasteiger partial charge is 0.257 e. The van der Waals surface area contributed by atoms with Crippen LogP contribution in [0.2, 0.25) is 0 Å². The van der Waals surface area contributed by atoms with E-state index in [0.29, 0.717) is 13.1 Å². The van der Waals surface area contributed by atoms with Gasteiger partial charge < -0.3 is 20.7 Å². The Kier molecular flexibility index (Phi) is 6.82. The SMILES string of the molecule is Cc1ccc(C)c(OCC(=O)NCCN2CCCC(C(N)=O)C2)c1C. The van der Waals surface area contributed by atoms with Gasteiger partial charge in [-0.1, -0.05) is 12.1 Å². The second-order valence-corrected chi connectivity index (χ2v) is 6.83. The van der Waals surface area contributed by atoms with Crippen LogP contribution in [0.25, 0.3) is 0 Å². The number of hydrogen-bond acceptors (Lipinski definition) is 4. The third-order valence-electron chi connectivity index (χ3n) is 4.88. The molecule has 0 spiro atoms. The average Bonchev–Trinajstić information content (AvgIpc) is 2.58. The molecule has 6 heteroatoms. The van der Waals surface area contributed by atoms with Crippen LogP contribution in [0.15, 0.2) is 12.1 Å². The van der Waals surface area contributed by atoms with E-state index in [4.69, 9.17) is 10.5 Å². The molecule has 0 saturated carbocycles. The summed E-state index contributed by atoms with van der Waals surface area (Å²) in [5.74, 6) is 0.352. The van der Waals surface area contributed by atoms with E-state index in [0.717, 1.165) is 48.4 Å². The van der Waals surface area contributed by atoms with Crippen molar-refractivity contribution < 1.29 is 14.3 Å². The molecule has 0 radical (unpaired) electrons. The molecule has 1 fully saturated rings. The summed E-state index contributed by atoms with van der Waals surface area (Å²) in [5, 5.41) is 2.88. The Morgan fingerprint density at radius 3 is 2.72 bits per heavy atom. The fourth-order valence-corrected chi connectivity index (χ4v) is 3.18. The lowest BCUT2D eigenvalue weighted by atomic mass is 9.97. The van der Waals surface area contributed by atoms with Gasteiger partial charge >= 0.3 is 0 Å². The third-order valence-corrected chi connectivity index (χ3v) is 4.88. The van der Waals surface area contributed by atoms with Gasteiger partial charge in [-0.05, 0) is 56.8 Å². The lowest BCUT2D eigenvalue weighted by molar-refractivity contribution is -0.124. The number of hydrogen-bond donors (Lipinski definition) is 2. The van der Waals surface area contributed by atoms with Gasteiger partial charge in [0.15, 0.2) is 6.61 Å². The van der Waals surface area contributed by atoms with E-state index in [1.807, 2.05) is 26.8 Å². The van der Waals surface area contributed by atoms with Crippen LogP contribution in [0.3, 0.4) is 0 Å². The Morgan fingerprint density at radius 1 is 1.28 bits per heavy atom. The van der Waals surface area contributed by atoms with Crippen molar-refractivity contribution in [3.8, 4) is 5.75 Å². The highest BCUT2D eigenvalue weighted by Gasteiger charge is 2.23. The normalized spacial score (nSPS) is 18.0. The topological polar surface area (TPSA) is 84.7 Å². The van der Waals surface area contributed by atoms with Gasteiger partial charge in [0.2, 0.25) is 5.91 Å². The summed E-state index contributed by atoms with van der Waals surface area (Å²) in [6.07, 6.45) is 1.83. The fourth-order valence-electron chi connectivity index (χ4n) is 3.18. The predicted molar refractivity (Wildman–Crippen MR) is 97.5 cm³/mol. The number of nitrogens with one attached hydrogen (secondary N) is 1. The first kappa shape index (κ1) is 19.2. The quantitative estimate of drug-likeness (QED) is 0.779. The number of aryl methyl sites for hydroxylation is 2. The van der Waals surface area contributed by atoms with Gasteiger partial charge in [-0.3, -0.25) is 9.59 Å². The molecule has 6 nitrogen and oxygen atoms in total. The molecule has 3 N–H and O–H groups in total. The number of carbonyl (C=O) groups is 2. The molecule has 1 aromatic carbocycles. The monoisotopic (exact) mass is 347 g/mol. The Bertz CT molecular complexity index is 631. The minimum atomic E-state index is -0.231. The maximum atomic E-state index is 12.0. The summed E-state index contributed by atoms with van der Waals surface area (Å²) in [4.78, 5) is 25.5. The number of benzene rings is 1. The minimum Gasteiger partial charge on any atom is -0.483 e. The number of ether oxygens (including phenoxy) is 1. The van der Waals surface area contributed by atoms with Crippen LogP contribution in [0, 0.1) is 26.7 Å². The van der Waals surface area contributed by atoms with Crippen LogP contribution in [0.5, 0.6) is 5.75 Å². The number of rotatable bonds is 7. The van der Waals surface area contributed by atoms with Gasteiger partial charge in [0.25, 0.3) is 5.91 Å². The molecule has 0 aliphatic carbocycles. The first-order valence-electron chi connectivity index (χ1n) is 8.86. The molecule has 1 atom stereocenters. The lowest BCUT2D eigenvalue weighted by Gasteiger charge is -2.31. The second kappa shape index (κ2) is 8.85. The summed E-state index contributed by atoms with van der Waals surface area (Å²) in [6, 6.07) is 4.05. The minimum absolute atomic E-state index is 0.00897. The van der Waals surface area contributed by atoms with Gasteiger partial charge in [0.05, 0.1) is 5.92 Å². The molecular weight excluding hydrogens is 318 g/mol. The van der Waals surface area contributed by atoms with E-state index in [1.54, 1.807) is 0 Å². The molecule has 2 amide bonds. The number of carbonyl (C=O) groups excluding carboxylic acids is 2. The van der Waals surface area contributed by atoms with Crippen molar-refractivity contribution in [1.82, 2.24) is 10.2 Å². The summed E-state index contributed by atoms with van der Waals surface area (Å²) >= 11 is 0. The molecule has 0 aromatic heterocycles. The molecule has 1 heterocycles. The number of likely N-dealkylation sites (tertiary alicyclic amines) is 1. The first-order chi connectivity index (χ1) is 11.9. The highest BCUT2D eigenvalue weighted by Crippen LogP contribution is 2.25. The van der Waals surface area contributed by atoms with Gasteiger partial charge in [-0.25, -0.2) is 0 Å². The largest absolute Gasteiger partial charge is 0.483 e. The van der Waals surface area contributed by atoms with E-state index >= 15 is 0 Å². The molecule has 2 rings (SSSR count). The van der Waals surface area contributed by atoms with Crippen LogP contribution >= 0.6 is 0 Å². The number of primary amides is 1. The Labute approximate surface area is 149 Å². The molecule has 138 valence electrons. The van der Waals surface area contributed by atoms with Crippen molar-refractivity contribution in [1.29, 1.82) is 0 Å². The van der Waals surface area contributed by atoms with Crippen molar-refractivity contribution in [2.24, 2.45) is 11.7 Å². The fraction of sp³-hybridized carbons (Fsp3) is 0.579. The van der Waals surface area contributed by atoms with Gasteiger partial charge in [0.1, 0.15) is 5.75 Å². The summed E-state index contributed by atoms with van der Waals surface area (Å²) in [7, 11) is 0. The van der Waals surface area contributed by atoms with Crippen molar-refractivity contribution in [3.05, 3.63) is 28.8 Å². The van der Waals surface area contributed by atoms with Crippen LogP contribution in [-0.4, -0.2) is 49.5 Å². The number of nitrogens with zero attached hydrogens (tertiary/aromatic N) is 1. The van der Waals surface area contributed by atoms with E-state index in [1.165, 1.54) is 0 Å². The van der Waals surface area contributed by atoms with Gasteiger partial charge in [-0.15, -0.1) is 0 Å². The molecule has 1 aliphatic rings. The summed E-state index contributed by atoms with van der Waals surface area (Å²) in [5.41, 5.74) is 8.63. The van der Waals surface area contributed by atoms with Crippen LogP contribution < -0.4 is 15.8 Å². The second-order valence-electron chi connectivity index (χ2n) is 6.83. The highest BCUT2D eigenvalue weighted by atomic mass is 16.5. The van der Waals surface area contributed by atoms with Crippen molar-refractivity contribution >= 4 is 11.8 Å². The molecule has 1 aromatic rings. The Morgan fingerprint density at radius 2 is 2.00 bits per heavy atom. The lowest BCUT2D eigenvalue weighted by Crippen LogP contribution is -2.44. The van der Waals surface area contributed by atoms with E-state index in [2.05, 4.69) is 16.3 Å². The van der Waals surface area contributed by atoms with Crippen molar-refractivity contribution in [2.45, 2.75) is 33.6 Å². The third kappa shape index (κ3) is 5.46. The Balaban J connectivity index is 1.73. The Hall–Kier alpha value is -2.08. The molecule has 25 heavy (non-hydrogen) atoms. The zero-order valence-electron chi connectivity index (χ0n) is 15.4. The van der Waals surface area contributed by atoms with Crippen molar-refractivity contribution in [2.75, 3.05) is 32.8 Å². The standard InChI is InChI=1S/C19H29N3O3/c1-13-6-7-14(2)18(15(13)3)25-12-17(23)21-8-10-22-9-4-5-16(11-22)19(20)24/h6-7,16H,4-5,8-12H2,1-3H3,(H2,20,24)(H,21,23). The highest BCUT2D eigenvalue weighted by molar-refractivity contribution is 5.77. The molecular formula is C19H29N3O3. The maximum Gasteiger partial charge on any atom is 0.257 e. The zero-order chi connectivity index (χ0) is 18.4. The van der Waals surface area contributed by atoms with Crippen LogP contribution in [-0.2, 0) is 9.59 Å². The number of amides is 2. The van der Waals surface area contributed by atoms with Crippen LogP contribution in [0.4, 0.5) is 0 Å². The number of piperidine rings is 1. The maximum absolute atomic E-state index is 12.0. The summed E-state index contributed by atoms with van der Waals surface area (Å²) < 4.78 is 5.71. The van der Waals surface area contributed by atoms with Gasteiger partial charge in [-0.2, -0.15) is 0 Å². The van der Waals surface area contributed by atoms with E-state index < -0.39 is 0 Å². The predicted octanol–water partition coefficient (Wildman–Crippen LogP) is 1.30. The summed E-state index contributed by atoms with van der Waals surface area (Å²) in [6.45, 7) is 8.90.